The zero-order chi connectivity index (χ0) is 22.4. The predicted octanol–water partition coefficient (Wildman–Crippen LogP) is 3.58. The molecule has 168 valence electrons. The molecule has 2 heterocycles. The molecule has 0 spiro atoms. The number of halogens is 3. The number of rotatable bonds is 5. The maximum atomic E-state index is 14.5. The smallest absolute Gasteiger partial charge is 0.237 e. The Balaban J connectivity index is 1.35. The normalized spacial score (nSPS) is 25.1. The van der Waals surface area contributed by atoms with E-state index >= 15 is 0 Å². The van der Waals surface area contributed by atoms with Gasteiger partial charge in [-0.3, -0.25) is 4.79 Å². The summed E-state index contributed by atoms with van der Waals surface area (Å²) in [6, 6.07) is 7.75. The fraction of sp³-hybridized carbons (Fsp3) is 0.375. The van der Waals surface area contributed by atoms with E-state index in [0.29, 0.717) is 36.2 Å². The quantitative estimate of drug-likeness (QED) is 0.487. The molecule has 32 heavy (non-hydrogen) atoms. The molecule has 1 aromatic heterocycles. The van der Waals surface area contributed by atoms with Gasteiger partial charge < -0.3 is 20.7 Å². The Morgan fingerprint density at radius 1 is 1.06 bits per heavy atom. The van der Waals surface area contributed by atoms with E-state index in [2.05, 4.69) is 15.6 Å². The molecule has 2 fully saturated rings. The van der Waals surface area contributed by atoms with Crippen LogP contribution in [-0.2, 0) is 4.79 Å². The third-order valence-corrected chi connectivity index (χ3v) is 6.63. The molecule has 8 heteroatoms. The van der Waals surface area contributed by atoms with Crippen molar-refractivity contribution in [2.75, 3.05) is 13.1 Å². The van der Waals surface area contributed by atoms with E-state index in [1.54, 1.807) is 12.1 Å². The monoisotopic (exact) mass is 443 g/mol. The Morgan fingerprint density at radius 3 is 2.50 bits per heavy atom. The van der Waals surface area contributed by atoms with Crippen molar-refractivity contribution in [3.05, 3.63) is 59.4 Å². The minimum atomic E-state index is -0.663. The van der Waals surface area contributed by atoms with Crippen LogP contribution in [0.3, 0.4) is 0 Å². The summed E-state index contributed by atoms with van der Waals surface area (Å²) in [6.45, 7) is 0.935. The second-order valence-corrected chi connectivity index (χ2v) is 8.86. The van der Waals surface area contributed by atoms with E-state index in [0.717, 1.165) is 24.5 Å². The topological polar surface area (TPSA) is 77.2 Å². The molecule has 2 aromatic carbocycles. The molecular formula is C24H24F3N3O2. The number of hydrogen-bond acceptors (Lipinski definition) is 3. The Hall–Kier alpha value is -2.84. The average molecular weight is 443 g/mol. The van der Waals surface area contributed by atoms with Crippen LogP contribution in [-0.4, -0.2) is 41.2 Å². The Morgan fingerprint density at radius 2 is 1.81 bits per heavy atom. The molecule has 0 unspecified atom stereocenters. The van der Waals surface area contributed by atoms with Gasteiger partial charge in [-0.2, -0.15) is 0 Å². The minimum Gasteiger partial charge on any atom is -0.392 e. The Kier molecular flexibility index (Phi) is 5.43. The van der Waals surface area contributed by atoms with Gasteiger partial charge in [0.15, 0.2) is 0 Å². The van der Waals surface area contributed by atoms with Crippen LogP contribution in [0.4, 0.5) is 13.2 Å². The lowest BCUT2D eigenvalue weighted by atomic mass is 9.70. The van der Waals surface area contributed by atoms with Crippen LogP contribution < -0.4 is 10.6 Å². The SMILES string of the molecule is O=C(NC[C@H]1C[C@H](c2c(-c3ccc(F)cc3)[nH]c3c(F)cc(F)cc32)C1)[C@@H]1C[C@@H](O)CN1. The number of amides is 1. The fourth-order valence-electron chi connectivity index (χ4n) is 4.93. The number of aromatic nitrogens is 1. The summed E-state index contributed by atoms with van der Waals surface area (Å²) in [5, 5.41) is 16.0. The first-order valence-corrected chi connectivity index (χ1v) is 10.8. The first kappa shape index (κ1) is 21.0. The van der Waals surface area contributed by atoms with Crippen LogP contribution in [0.1, 0.15) is 30.7 Å². The van der Waals surface area contributed by atoms with Gasteiger partial charge in [0, 0.05) is 24.5 Å². The van der Waals surface area contributed by atoms with Crippen LogP contribution >= 0.6 is 0 Å². The number of β-amino-alcohol motifs (C(OH)–C–C–N with tert-alkyl or cyclic N) is 1. The molecule has 1 aliphatic heterocycles. The van der Waals surface area contributed by atoms with Crippen molar-refractivity contribution in [2.45, 2.75) is 37.3 Å². The summed E-state index contributed by atoms with van der Waals surface area (Å²) in [4.78, 5) is 15.3. The van der Waals surface area contributed by atoms with Crippen molar-refractivity contribution < 1.29 is 23.1 Å². The summed E-state index contributed by atoms with van der Waals surface area (Å²) < 4.78 is 41.9. The van der Waals surface area contributed by atoms with Crippen LogP contribution in [0.5, 0.6) is 0 Å². The molecular weight excluding hydrogens is 419 g/mol. The predicted molar refractivity (Wildman–Crippen MR) is 114 cm³/mol. The second kappa shape index (κ2) is 8.26. The van der Waals surface area contributed by atoms with Gasteiger partial charge in [-0.1, -0.05) is 0 Å². The maximum absolute atomic E-state index is 14.5. The van der Waals surface area contributed by atoms with E-state index in [1.807, 2.05) is 0 Å². The molecule has 5 nitrogen and oxygen atoms in total. The number of carbonyl (C=O) groups excluding carboxylic acids is 1. The van der Waals surface area contributed by atoms with Gasteiger partial charge in [0.2, 0.25) is 5.91 Å². The molecule has 2 atom stereocenters. The summed E-state index contributed by atoms with van der Waals surface area (Å²) in [5.74, 6) is -1.47. The van der Waals surface area contributed by atoms with E-state index in [9.17, 15) is 23.1 Å². The number of aliphatic hydroxyl groups is 1. The van der Waals surface area contributed by atoms with E-state index in [4.69, 9.17) is 0 Å². The Labute approximate surface area is 183 Å². The molecule has 0 bridgehead atoms. The first-order valence-electron chi connectivity index (χ1n) is 10.8. The lowest BCUT2D eigenvalue weighted by Crippen LogP contribution is -2.43. The summed E-state index contributed by atoms with van der Waals surface area (Å²) in [7, 11) is 0. The molecule has 3 aromatic rings. The standard InChI is InChI=1S/C24H24F3N3O2/c25-15-3-1-13(2-4-15)22-21(18-7-16(26)8-19(27)23(18)30-22)14-5-12(6-14)10-29-24(32)20-9-17(31)11-28-20/h1-4,7-8,12,14,17,20,28,30-31H,5-6,9-11H2,(H,29,32)/t12-,14-,17-,20+/m1/s1. The molecule has 1 saturated carbocycles. The van der Waals surface area contributed by atoms with Crippen LogP contribution in [0.25, 0.3) is 22.2 Å². The largest absolute Gasteiger partial charge is 0.392 e. The molecule has 1 aliphatic carbocycles. The highest BCUT2D eigenvalue weighted by atomic mass is 19.1. The average Bonchev–Trinajstić information content (AvgIpc) is 3.32. The molecule has 4 N–H and O–H groups in total. The van der Waals surface area contributed by atoms with Crippen molar-refractivity contribution in [2.24, 2.45) is 5.92 Å². The lowest BCUT2D eigenvalue weighted by molar-refractivity contribution is -0.123. The van der Waals surface area contributed by atoms with Crippen molar-refractivity contribution in [1.82, 2.24) is 15.6 Å². The van der Waals surface area contributed by atoms with Crippen molar-refractivity contribution in [3.8, 4) is 11.3 Å². The van der Waals surface area contributed by atoms with Gasteiger partial charge in [-0.05, 0) is 72.6 Å². The number of aliphatic hydroxyl groups excluding tert-OH is 1. The fourth-order valence-corrected chi connectivity index (χ4v) is 4.93. The van der Waals surface area contributed by atoms with Gasteiger partial charge >= 0.3 is 0 Å². The highest BCUT2D eigenvalue weighted by Gasteiger charge is 2.35. The van der Waals surface area contributed by atoms with E-state index in [-0.39, 0.29) is 35.1 Å². The number of hydrogen-bond donors (Lipinski definition) is 4. The van der Waals surface area contributed by atoms with Crippen molar-refractivity contribution in [3.63, 3.8) is 0 Å². The zero-order valence-corrected chi connectivity index (χ0v) is 17.3. The van der Waals surface area contributed by atoms with Gasteiger partial charge in [0.1, 0.15) is 17.5 Å². The number of fused-ring (bicyclic) bond motifs is 1. The molecule has 2 aliphatic rings. The third kappa shape index (κ3) is 3.89. The molecule has 1 amide bonds. The van der Waals surface area contributed by atoms with E-state index in [1.165, 1.54) is 18.2 Å². The van der Waals surface area contributed by atoms with Crippen LogP contribution in [0.2, 0.25) is 0 Å². The maximum Gasteiger partial charge on any atom is 0.237 e. The van der Waals surface area contributed by atoms with Crippen LogP contribution in [0.15, 0.2) is 36.4 Å². The van der Waals surface area contributed by atoms with Gasteiger partial charge in [0.05, 0.1) is 23.4 Å². The van der Waals surface area contributed by atoms with Gasteiger partial charge in [-0.25, -0.2) is 13.2 Å². The van der Waals surface area contributed by atoms with Gasteiger partial charge in [0.25, 0.3) is 0 Å². The highest BCUT2D eigenvalue weighted by Crippen LogP contribution is 2.48. The minimum absolute atomic E-state index is 0.0679. The van der Waals surface area contributed by atoms with Crippen LogP contribution in [0, 0.1) is 23.4 Å². The number of H-pyrrole nitrogens is 1. The summed E-state index contributed by atoms with van der Waals surface area (Å²) >= 11 is 0. The Bertz CT molecular complexity index is 1160. The number of nitrogens with one attached hydrogen (secondary N) is 3. The van der Waals surface area contributed by atoms with E-state index < -0.39 is 17.7 Å². The number of benzene rings is 2. The van der Waals surface area contributed by atoms with Gasteiger partial charge in [-0.15, -0.1) is 0 Å². The first-order chi connectivity index (χ1) is 15.4. The third-order valence-electron chi connectivity index (χ3n) is 6.63. The highest BCUT2D eigenvalue weighted by molar-refractivity contribution is 5.92. The summed E-state index contributed by atoms with van der Waals surface area (Å²) in [6.07, 6.45) is 1.44. The zero-order valence-electron chi connectivity index (χ0n) is 17.3. The molecule has 1 saturated heterocycles. The number of aromatic amines is 1. The number of carbonyl (C=O) groups is 1. The molecule has 5 rings (SSSR count). The van der Waals surface area contributed by atoms with Crippen molar-refractivity contribution >= 4 is 16.8 Å². The molecule has 0 radical (unpaired) electrons. The lowest BCUT2D eigenvalue weighted by Gasteiger charge is -2.36. The second-order valence-electron chi connectivity index (χ2n) is 8.86. The summed E-state index contributed by atoms with van der Waals surface area (Å²) in [5.41, 5.74) is 2.44. The van der Waals surface area contributed by atoms with Crippen molar-refractivity contribution in [1.29, 1.82) is 0 Å².